The van der Waals surface area contributed by atoms with Crippen LogP contribution in [-0.2, 0) is 7.05 Å². The maximum atomic E-state index is 6.31. The third-order valence-electron chi connectivity index (χ3n) is 3.47. The normalized spacial score (nSPS) is 12.3. The SMILES string of the molecule is Cn1c(-c2cccc(Br)c2)cnc1C(N)c1cccnc1. The van der Waals surface area contributed by atoms with Gasteiger partial charge in [0.15, 0.2) is 0 Å². The third kappa shape index (κ3) is 2.75. The van der Waals surface area contributed by atoms with Crippen LogP contribution >= 0.6 is 15.9 Å². The van der Waals surface area contributed by atoms with Gasteiger partial charge in [-0.25, -0.2) is 4.98 Å². The van der Waals surface area contributed by atoms with Gasteiger partial charge in [-0.3, -0.25) is 4.98 Å². The molecule has 21 heavy (non-hydrogen) atoms. The van der Waals surface area contributed by atoms with E-state index in [4.69, 9.17) is 5.73 Å². The van der Waals surface area contributed by atoms with E-state index in [1.807, 2.05) is 42.1 Å². The van der Waals surface area contributed by atoms with E-state index in [0.29, 0.717) is 0 Å². The lowest BCUT2D eigenvalue weighted by Gasteiger charge is -2.13. The molecule has 0 saturated carbocycles. The van der Waals surface area contributed by atoms with Gasteiger partial charge >= 0.3 is 0 Å². The average molecular weight is 343 g/mol. The van der Waals surface area contributed by atoms with E-state index in [1.54, 1.807) is 12.4 Å². The number of pyridine rings is 1. The second-order valence-electron chi connectivity index (χ2n) is 4.84. The van der Waals surface area contributed by atoms with Crippen LogP contribution in [0.25, 0.3) is 11.3 Å². The summed E-state index contributed by atoms with van der Waals surface area (Å²) >= 11 is 3.49. The number of halogens is 1. The molecule has 2 N–H and O–H groups in total. The Bertz CT molecular complexity index is 752. The highest BCUT2D eigenvalue weighted by Crippen LogP contribution is 2.26. The highest BCUT2D eigenvalue weighted by molar-refractivity contribution is 9.10. The number of hydrogen-bond donors (Lipinski definition) is 1. The van der Waals surface area contributed by atoms with Crippen LogP contribution in [0.2, 0.25) is 0 Å². The molecule has 0 saturated heterocycles. The Morgan fingerprint density at radius 2 is 2.05 bits per heavy atom. The van der Waals surface area contributed by atoms with Crippen molar-refractivity contribution in [1.29, 1.82) is 0 Å². The third-order valence-corrected chi connectivity index (χ3v) is 3.96. The zero-order chi connectivity index (χ0) is 14.8. The number of nitrogens with zero attached hydrogens (tertiary/aromatic N) is 3. The minimum Gasteiger partial charge on any atom is -0.330 e. The van der Waals surface area contributed by atoms with Crippen LogP contribution in [0.4, 0.5) is 0 Å². The Morgan fingerprint density at radius 3 is 2.76 bits per heavy atom. The number of imidazole rings is 1. The lowest BCUT2D eigenvalue weighted by molar-refractivity contribution is 0.717. The summed E-state index contributed by atoms with van der Waals surface area (Å²) in [5.41, 5.74) is 9.39. The van der Waals surface area contributed by atoms with Crippen molar-refractivity contribution in [3.05, 3.63) is 70.8 Å². The summed E-state index contributed by atoms with van der Waals surface area (Å²) in [6.45, 7) is 0. The fourth-order valence-electron chi connectivity index (χ4n) is 2.34. The van der Waals surface area contributed by atoms with Crippen molar-refractivity contribution in [3.63, 3.8) is 0 Å². The molecule has 0 spiro atoms. The first-order valence-corrected chi connectivity index (χ1v) is 7.39. The predicted octanol–water partition coefficient (Wildman–Crippen LogP) is 3.29. The largest absolute Gasteiger partial charge is 0.330 e. The van der Waals surface area contributed by atoms with Crippen LogP contribution < -0.4 is 5.73 Å². The molecule has 0 fully saturated rings. The molecule has 1 aromatic carbocycles. The molecule has 0 aliphatic carbocycles. The molecular weight excluding hydrogens is 328 g/mol. The Morgan fingerprint density at radius 1 is 1.19 bits per heavy atom. The van der Waals surface area contributed by atoms with Crippen molar-refractivity contribution >= 4 is 15.9 Å². The van der Waals surface area contributed by atoms with Gasteiger partial charge in [-0.15, -0.1) is 0 Å². The minimum absolute atomic E-state index is 0.287. The lowest BCUT2D eigenvalue weighted by atomic mass is 10.1. The van der Waals surface area contributed by atoms with E-state index in [2.05, 4.69) is 38.0 Å². The van der Waals surface area contributed by atoms with E-state index in [0.717, 1.165) is 27.1 Å². The van der Waals surface area contributed by atoms with Crippen molar-refractivity contribution in [2.75, 3.05) is 0 Å². The number of hydrogen-bond acceptors (Lipinski definition) is 3. The second-order valence-corrected chi connectivity index (χ2v) is 5.75. The van der Waals surface area contributed by atoms with Gasteiger partial charge in [-0.05, 0) is 23.8 Å². The van der Waals surface area contributed by atoms with Crippen molar-refractivity contribution in [2.24, 2.45) is 12.8 Å². The van der Waals surface area contributed by atoms with Crippen molar-refractivity contribution < 1.29 is 0 Å². The van der Waals surface area contributed by atoms with Gasteiger partial charge in [0.05, 0.1) is 17.9 Å². The van der Waals surface area contributed by atoms with Gasteiger partial charge in [0.25, 0.3) is 0 Å². The fraction of sp³-hybridized carbons (Fsp3) is 0.125. The highest BCUT2D eigenvalue weighted by atomic mass is 79.9. The van der Waals surface area contributed by atoms with Gasteiger partial charge in [-0.1, -0.05) is 34.1 Å². The summed E-state index contributed by atoms with van der Waals surface area (Å²) in [4.78, 5) is 8.61. The first-order valence-electron chi connectivity index (χ1n) is 6.60. The fourth-order valence-corrected chi connectivity index (χ4v) is 2.74. The Kier molecular flexibility index (Phi) is 3.86. The van der Waals surface area contributed by atoms with Gasteiger partial charge in [0.1, 0.15) is 5.82 Å². The minimum atomic E-state index is -0.287. The molecule has 106 valence electrons. The average Bonchev–Trinajstić information content (AvgIpc) is 2.89. The Labute approximate surface area is 131 Å². The molecule has 2 aromatic heterocycles. The molecule has 1 atom stereocenters. The monoisotopic (exact) mass is 342 g/mol. The molecule has 5 heteroatoms. The molecule has 0 bridgehead atoms. The molecule has 2 heterocycles. The number of rotatable bonds is 3. The second kappa shape index (κ2) is 5.79. The van der Waals surface area contributed by atoms with Crippen LogP contribution in [0.1, 0.15) is 17.4 Å². The molecule has 1 unspecified atom stereocenters. The van der Waals surface area contributed by atoms with Crippen LogP contribution in [0, 0.1) is 0 Å². The molecule has 4 nitrogen and oxygen atoms in total. The molecule has 0 aliphatic heterocycles. The molecule has 0 aliphatic rings. The maximum absolute atomic E-state index is 6.31. The topological polar surface area (TPSA) is 56.7 Å². The summed E-state index contributed by atoms with van der Waals surface area (Å²) in [5, 5.41) is 0. The number of aromatic nitrogens is 3. The summed E-state index contributed by atoms with van der Waals surface area (Å²) < 4.78 is 3.07. The van der Waals surface area contributed by atoms with Crippen LogP contribution in [0.15, 0.2) is 59.5 Å². The van der Waals surface area contributed by atoms with Gasteiger partial charge in [0.2, 0.25) is 0 Å². The zero-order valence-corrected chi connectivity index (χ0v) is 13.2. The number of nitrogens with two attached hydrogens (primary N) is 1. The van der Waals surface area contributed by atoms with E-state index in [-0.39, 0.29) is 6.04 Å². The number of benzene rings is 1. The highest BCUT2D eigenvalue weighted by Gasteiger charge is 2.17. The standard InChI is InChI=1S/C16H15BrN4/c1-21-14(11-4-2-6-13(17)8-11)10-20-16(21)15(18)12-5-3-7-19-9-12/h2-10,15H,18H2,1H3. The summed E-state index contributed by atoms with van der Waals surface area (Å²) in [7, 11) is 1.98. The molecular formula is C16H15BrN4. The molecule has 0 radical (unpaired) electrons. The first-order chi connectivity index (χ1) is 10.2. The molecule has 0 amide bonds. The van der Waals surface area contributed by atoms with Crippen molar-refractivity contribution in [3.8, 4) is 11.3 Å². The maximum Gasteiger partial charge on any atom is 0.130 e. The van der Waals surface area contributed by atoms with E-state index < -0.39 is 0 Å². The van der Waals surface area contributed by atoms with Crippen LogP contribution in [0.3, 0.4) is 0 Å². The Balaban J connectivity index is 2.00. The van der Waals surface area contributed by atoms with Crippen LogP contribution in [-0.4, -0.2) is 14.5 Å². The summed E-state index contributed by atoms with van der Waals surface area (Å²) in [6, 6.07) is 11.7. The summed E-state index contributed by atoms with van der Waals surface area (Å²) in [6.07, 6.45) is 5.37. The van der Waals surface area contributed by atoms with Gasteiger partial charge in [0, 0.05) is 29.5 Å². The molecule has 3 rings (SSSR count). The quantitative estimate of drug-likeness (QED) is 0.794. The van der Waals surface area contributed by atoms with E-state index in [9.17, 15) is 0 Å². The summed E-state index contributed by atoms with van der Waals surface area (Å²) in [5.74, 6) is 0.818. The van der Waals surface area contributed by atoms with Crippen molar-refractivity contribution in [2.45, 2.75) is 6.04 Å². The predicted molar refractivity (Wildman–Crippen MR) is 86.6 cm³/mol. The zero-order valence-electron chi connectivity index (χ0n) is 11.6. The smallest absolute Gasteiger partial charge is 0.130 e. The molecule has 3 aromatic rings. The van der Waals surface area contributed by atoms with Crippen molar-refractivity contribution in [1.82, 2.24) is 14.5 Å². The van der Waals surface area contributed by atoms with Gasteiger partial charge < -0.3 is 10.3 Å². The van der Waals surface area contributed by atoms with Gasteiger partial charge in [-0.2, -0.15) is 0 Å². The van der Waals surface area contributed by atoms with E-state index in [1.165, 1.54) is 0 Å². The first kappa shape index (κ1) is 14.0. The lowest BCUT2D eigenvalue weighted by Crippen LogP contribution is -2.17. The van der Waals surface area contributed by atoms with Crippen LogP contribution in [0.5, 0.6) is 0 Å². The van der Waals surface area contributed by atoms with E-state index >= 15 is 0 Å². The Hall–Kier alpha value is -1.98.